The van der Waals surface area contributed by atoms with Crippen LogP contribution in [0.25, 0.3) is 0 Å². The van der Waals surface area contributed by atoms with Crippen LogP contribution in [0, 0.1) is 0 Å². The van der Waals surface area contributed by atoms with E-state index in [0.29, 0.717) is 36.0 Å². The van der Waals surface area contributed by atoms with Crippen LogP contribution in [0.1, 0.15) is 29.9 Å². The van der Waals surface area contributed by atoms with Crippen molar-refractivity contribution < 1.29 is 33.6 Å². The second-order valence-corrected chi connectivity index (χ2v) is 9.66. The van der Waals surface area contributed by atoms with E-state index in [1.165, 1.54) is 7.11 Å². The van der Waals surface area contributed by atoms with Gasteiger partial charge in [-0.2, -0.15) is 0 Å². The average Bonchev–Trinajstić information content (AvgIpc) is 3.56. The Hall–Kier alpha value is -3.95. The second kappa shape index (κ2) is 11.4. The highest BCUT2D eigenvalue weighted by molar-refractivity contribution is 5.73. The Morgan fingerprint density at radius 3 is 2.28 bits per heavy atom. The molecule has 1 aliphatic carbocycles. The van der Waals surface area contributed by atoms with E-state index in [-0.39, 0.29) is 5.92 Å². The van der Waals surface area contributed by atoms with Gasteiger partial charge in [0.25, 0.3) is 0 Å². The number of amides is 1. The third-order valence-corrected chi connectivity index (χ3v) is 7.37. The van der Waals surface area contributed by atoms with Crippen LogP contribution in [0.4, 0.5) is 4.79 Å². The number of benzene rings is 3. The molecule has 3 aromatic rings. The smallest absolute Gasteiger partial charge is 0.407 e. The van der Waals surface area contributed by atoms with Crippen molar-refractivity contribution in [3.8, 4) is 23.0 Å². The number of methoxy groups -OCH3 is 2. The quantitative estimate of drug-likeness (QED) is 0.374. The molecule has 9 heteroatoms. The van der Waals surface area contributed by atoms with Gasteiger partial charge in [-0.05, 0) is 37.1 Å². The standard InChI is InChI=1S/C23H26N2O6.C7H8O/c1-28-15-11-14(29-10-6-5-9-24)12-16-18(15)23(27)20(30-16)17(13-7-3-2-4-8-13)19-21(23)31-22(26)25-19;1-8-7-5-3-2-4-6-7/h2-4,7-8,11-12,17,19-21,27H,5-6,9-10,24H2,1H3,(H,25,26);2-6H,1H3/t17-,19?,20?,21?,23-;/m1./s1. The summed E-state index contributed by atoms with van der Waals surface area (Å²) in [5.41, 5.74) is 5.43. The number of fused-ring (bicyclic) bond motifs is 5. The molecule has 4 N–H and O–H groups in total. The number of para-hydroxylation sites is 1. The summed E-state index contributed by atoms with van der Waals surface area (Å²) in [7, 11) is 3.19. The van der Waals surface area contributed by atoms with Crippen LogP contribution in [0.3, 0.4) is 0 Å². The number of nitrogens with two attached hydrogens (primary N) is 1. The number of rotatable bonds is 8. The highest BCUT2D eigenvalue weighted by Crippen LogP contribution is 2.60. The number of ether oxygens (including phenoxy) is 5. The Labute approximate surface area is 227 Å². The van der Waals surface area contributed by atoms with Crippen molar-refractivity contribution in [2.75, 3.05) is 27.4 Å². The van der Waals surface area contributed by atoms with Crippen molar-refractivity contribution in [3.05, 3.63) is 83.9 Å². The highest BCUT2D eigenvalue weighted by atomic mass is 16.6. The summed E-state index contributed by atoms with van der Waals surface area (Å²) >= 11 is 0. The van der Waals surface area contributed by atoms with Gasteiger partial charge in [-0.1, -0.05) is 48.5 Å². The van der Waals surface area contributed by atoms with Gasteiger partial charge in [0.1, 0.15) is 29.1 Å². The van der Waals surface area contributed by atoms with E-state index < -0.39 is 29.9 Å². The molecule has 1 amide bonds. The molecule has 2 fully saturated rings. The summed E-state index contributed by atoms with van der Waals surface area (Å²) in [6.45, 7) is 1.14. The van der Waals surface area contributed by atoms with Crippen molar-refractivity contribution in [2.45, 2.75) is 42.6 Å². The predicted molar refractivity (Wildman–Crippen MR) is 144 cm³/mol. The van der Waals surface area contributed by atoms with Gasteiger partial charge < -0.3 is 39.8 Å². The molecule has 9 nitrogen and oxygen atoms in total. The first-order valence-electron chi connectivity index (χ1n) is 13.1. The number of carbonyl (C=O) groups excluding carboxylic acids is 1. The van der Waals surface area contributed by atoms with Crippen LogP contribution >= 0.6 is 0 Å². The van der Waals surface area contributed by atoms with Crippen molar-refractivity contribution in [1.82, 2.24) is 5.32 Å². The fraction of sp³-hybridized carbons (Fsp3) is 0.367. The summed E-state index contributed by atoms with van der Waals surface area (Å²) in [6.07, 6.45) is -0.288. The van der Waals surface area contributed by atoms with Crippen LogP contribution in [-0.2, 0) is 10.3 Å². The Balaban J connectivity index is 0.000000332. The van der Waals surface area contributed by atoms with E-state index in [0.717, 1.165) is 24.2 Å². The molecule has 206 valence electrons. The lowest BCUT2D eigenvalue weighted by atomic mass is 9.86. The normalized spacial score (nSPS) is 25.6. The fourth-order valence-corrected chi connectivity index (χ4v) is 5.63. The molecular weight excluding hydrogens is 500 g/mol. The third-order valence-electron chi connectivity index (χ3n) is 7.37. The summed E-state index contributed by atoms with van der Waals surface area (Å²) in [6, 6.07) is 22.5. The molecule has 5 atom stereocenters. The molecule has 2 heterocycles. The molecule has 0 aromatic heterocycles. The van der Waals surface area contributed by atoms with Gasteiger partial charge in [0.2, 0.25) is 0 Å². The Kier molecular flexibility index (Phi) is 7.81. The lowest BCUT2D eigenvalue weighted by Gasteiger charge is -2.28. The van der Waals surface area contributed by atoms with Gasteiger partial charge in [-0.25, -0.2) is 4.79 Å². The van der Waals surface area contributed by atoms with Gasteiger partial charge in [0.05, 0.1) is 32.4 Å². The van der Waals surface area contributed by atoms with Crippen molar-refractivity contribution in [1.29, 1.82) is 0 Å². The van der Waals surface area contributed by atoms with Gasteiger partial charge in [-0.3, -0.25) is 0 Å². The lowest BCUT2D eigenvalue weighted by molar-refractivity contribution is -0.0881. The third kappa shape index (κ3) is 4.95. The molecule has 3 aromatic carbocycles. The number of alkyl carbamates (subject to hydrolysis) is 1. The number of aliphatic hydroxyl groups is 1. The maximum Gasteiger partial charge on any atom is 0.407 e. The summed E-state index contributed by atoms with van der Waals surface area (Å²) in [5, 5.41) is 14.8. The van der Waals surface area contributed by atoms with Crippen LogP contribution in [0.2, 0.25) is 0 Å². The van der Waals surface area contributed by atoms with E-state index in [9.17, 15) is 9.90 Å². The maximum atomic E-state index is 12.1. The molecule has 3 aliphatic rings. The minimum absolute atomic E-state index is 0.298. The number of hydrogen-bond donors (Lipinski definition) is 3. The molecule has 0 spiro atoms. The molecule has 0 radical (unpaired) electrons. The van der Waals surface area contributed by atoms with Crippen molar-refractivity contribution in [2.24, 2.45) is 5.73 Å². The molecule has 3 unspecified atom stereocenters. The minimum atomic E-state index is -1.55. The molecule has 1 saturated heterocycles. The zero-order chi connectivity index (χ0) is 27.4. The van der Waals surface area contributed by atoms with Gasteiger partial charge >= 0.3 is 6.09 Å². The first kappa shape index (κ1) is 26.6. The van der Waals surface area contributed by atoms with Gasteiger partial charge in [-0.15, -0.1) is 0 Å². The second-order valence-electron chi connectivity index (χ2n) is 9.66. The predicted octanol–water partition coefficient (Wildman–Crippen LogP) is 3.73. The van der Waals surface area contributed by atoms with Crippen molar-refractivity contribution in [3.63, 3.8) is 0 Å². The largest absolute Gasteiger partial charge is 0.497 e. The number of hydrogen-bond acceptors (Lipinski definition) is 8. The zero-order valence-corrected chi connectivity index (χ0v) is 22.0. The summed E-state index contributed by atoms with van der Waals surface area (Å²) in [5.74, 6) is 2.11. The van der Waals surface area contributed by atoms with E-state index >= 15 is 0 Å². The van der Waals surface area contributed by atoms with Gasteiger partial charge in [0.15, 0.2) is 11.7 Å². The SMILES string of the molecule is COc1cc(OCCCCN)cc2c1[C@]1(O)C3OC(=O)NC3[C@@H](c3ccccc3)C1O2.COc1ccccc1. The van der Waals surface area contributed by atoms with E-state index in [2.05, 4.69) is 5.32 Å². The highest BCUT2D eigenvalue weighted by Gasteiger charge is 2.71. The van der Waals surface area contributed by atoms with E-state index in [4.69, 9.17) is 29.4 Å². The monoisotopic (exact) mass is 534 g/mol. The molecule has 1 saturated carbocycles. The molecule has 6 rings (SSSR count). The molecule has 2 aliphatic heterocycles. The van der Waals surface area contributed by atoms with Crippen molar-refractivity contribution >= 4 is 6.09 Å². The van der Waals surface area contributed by atoms with E-state index in [1.807, 2.05) is 60.7 Å². The first-order chi connectivity index (χ1) is 19.0. The molecule has 0 bridgehead atoms. The van der Waals surface area contributed by atoms with Gasteiger partial charge in [0, 0.05) is 18.1 Å². The maximum absolute atomic E-state index is 12.1. The van der Waals surface area contributed by atoms with Crippen LogP contribution in [0.5, 0.6) is 23.0 Å². The summed E-state index contributed by atoms with van der Waals surface area (Å²) in [4.78, 5) is 12.1. The first-order valence-corrected chi connectivity index (χ1v) is 13.1. The Bertz CT molecular complexity index is 1270. The average molecular weight is 535 g/mol. The molecular formula is C30H34N2O7. The Morgan fingerprint density at radius 1 is 0.923 bits per heavy atom. The number of nitrogens with one attached hydrogen (secondary N) is 1. The Morgan fingerprint density at radius 2 is 1.64 bits per heavy atom. The summed E-state index contributed by atoms with van der Waals surface area (Å²) < 4.78 is 28.3. The number of carbonyl (C=O) groups is 1. The fourth-order valence-electron chi connectivity index (χ4n) is 5.63. The molecule has 39 heavy (non-hydrogen) atoms. The van der Waals surface area contributed by atoms with Crippen LogP contribution < -0.4 is 30.0 Å². The topological polar surface area (TPSA) is 122 Å². The number of unbranched alkanes of at least 4 members (excludes halogenated alkanes) is 1. The zero-order valence-electron chi connectivity index (χ0n) is 22.0. The minimum Gasteiger partial charge on any atom is -0.497 e. The van der Waals surface area contributed by atoms with Crippen LogP contribution in [0.15, 0.2) is 72.8 Å². The lowest BCUT2D eigenvalue weighted by Crippen LogP contribution is -2.44. The van der Waals surface area contributed by atoms with Crippen LogP contribution in [-0.4, -0.2) is 56.8 Å². The van der Waals surface area contributed by atoms with E-state index in [1.54, 1.807) is 19.2 Å².